The molecule has 0 radical (unpaired) electrons. The normalized spacial score (nSPS) is 29.3. The minimum Gasteiger partial charge on any atom is -0.331 e. The molecule has 6 nitrogen and oxygen atoms in total. The number of ketones is 1. The average Bonchev–Trinajstić information content (AvgIpc) is 3.39. The maximum absolute atomic E-state index is 13.3. The van der Waals surface area contributed by atoms with Crippen LogP contribution in [0.1, 0.15) is 66.2 Å². The molecule has 3 heterocycles. The lowest BCUT2D eigenvalue weighted by Gasteiger charge is -2.35. The monoisotopic (exact) mass is 377 g/mol. The van der Waals surface area contributed by atoms with E-state index in [9.17, 15) is 14.4 Å². The average molecular weight is 378 g/mol. The van der Waals surface area contributed by atoms with E-state index in [1.807, 2.05) is 18.7 Å². The van der Waals surface area contributed by atoms with Gasteiger partial charge in [0.05, 0.1) is 12.1 Å². The highest BCUT2D eigenvalue weighted by atomic mass is 16.2. The van der Waals surface area contributed by atoms with Crippen molar-refractivity contribution in [3.05, 3.63) is 0 Å². The Bertz CT molecular complexity index is 589. The van der Waals surface area contributed by atoms with Crippen molar-refractivity contribution >= 4 is 17.6 Å². The van der Waals surface area contributed by atoms with Crippen LogP contribution in [0.15, 0.2) is 0 Å². The maximum atomic E-state index is 13.3. The highest BCUT2D eigenvalue weighted by Crippen LogP contribution is 2.29. The van der Waals surface area contributed by atoms with Crippen molar-refractivity contribution in [2.24, 2.45) is 5.92 Å². The van der Waals surface area contributed by atoms with E-state index in [0.717, 1.165) is 45.1 Å². The van der Waals surface area contributed by atoms with E-state index in [1.54, 1.807) is 4.90 Å². The summed E-state index contributed by atoms with van der Waals surface area (Å²) in [5, 5.41) is 0. The summed E-state index contributed by atoms with van der Waals surface area (Å²) in [6, 6.07) is -0.434. The lowest BCUT2D eigenvalue weighted by molar-refractivity contribution is -0.148. The zero-order valence-corrected chi connectivity index (χ0v) is 17.3. The van der Waals surface area contributed by atoms with E-state index in [0.29, 0.717) is 19.1 Å². The first-order valence-corrected chi connectivity index (χ1v) is 10.7. The van der Waals surface area contributed by atoms with Gasteiger partial charge in [0.2, 0.25) is 11.8 Å². The molecule has 3 saturated heterocycles. The summed E-state index contributed by atoms with van der Waals surface area (Å²) in [7, 11) is 0. The molecule has 0 spiro atoms. The molecule has 6 heteroatoms. The minimum absolute atomic E-state index is 0.00792. The van der Waals surface area contributed by atoms with Gasteiger partial charge in [-0.3, -0.25) is 19.3 Å². The van der Waals surface area contributed by atoms with Crippen molar-refractivity contribution < 1.29 is 14.4 Å². The van der Waals surface area contributed by atoms with Gasteiger partial charge in [0.25, 0.3) is 0 Å². The van der Waals surface area contributed by atoms with E-state index in [1.165, 1.54) is 0 Å². The molecular weight excluding hydrogens is 342 g/mol. The topological polar surface area (TPSA) is 60.9 Å². The third-order valence-electron chi connectivity index (χ3n) is 6.50. The molecule has 0 saturated carbocycles. The Morgan fingerprint density at radius 1 is 0.704 bits per heavy atom. The number of rotatable bonds is 5. The van der Waals surface area contributed by atoms with Crippen LogP contribution < -0.4 is 0 Å². The Balaban J connectivity index is 1.73. The molecule has 152 valence electrons. The van der Waals surface area contributed by atoms with Gasteiger partial charge in [0.15, 0.2) is 5.78 Å². The number of hydrogen-bond donors (Lipinski definition) is 0. The summed E-state index contributed by atoms with van der Waals surface area (Å²) < 4.78 is 0. The van der Waals surface area contributed by atoms with E-state index in [2.05, 4.69) is 18.7 Å². The second-order valence-corrected chi connectivity index (χ2v) is 8.93. The van der Waals surface area contributed by atoms with Crippen LogP contribution in [-0.4, -0.2) is 76.1 Å². The molecule has 0 bridgehead atoms. The van der Waals surface area contributed by atoms with Gasteiger partial charge in [0, 0.05) is 25.0 Å². The number of hydrogen-bond acceptors (Lipinski definition) is 4. The zero-order chi connectivity index (χ0) is 19.7. The summed E-state index contributed by atoms with van der Waals surface area (Å²) in [5.41, 5.74) is 0. The molecule has 0 aromatic heterocycles. The van der Waals surface area contributed by atoms with Gasteiger partial charge in [-0.2, -0.15) is 0 Å². The molecule has 3 rings (SSSR count). The molecule has 3 unspecified atom stereocenters. The Hall–Kier alpha value is -1.43. The second-order valence-electron chi connectivity index (χ2n) is 8.93. The first-order valence-electron chi connectivity index (χ1n) is 10.7. The van der Waals surface area contributed by atoms with Crippen molar-refractivity contribution in [1.29, 1.82) is 0 Å². The van der Waals surface area contributed by atoms with Gasteiger partial charge in [0.1, 0.15) is 6.04 Å². The molecular formula is C21H35N3O3. The number of carbonyl (C=O) groups is 3. The first kappa shape index (κ1) is 20.3. The van der Waals surface area contributed by atoms with Gasteiger partial charge in [-0.25, -0.2) is 0 Å². The van der Waals surface area contributed by atoms with Gasteiger partial charge in [-0.05, 0) is 58.9 Å². The molecule has 3 aliphatic rings. The highest BCUT2D eigenvalue weighted by Gasteiger charge is 2.45. The molecule has 3 aliphatic heterocycles. The molecule has 0 aromatic rings. The SMILES string of the molecule is CC(C)C(=O)C1CCCN1C(=O)C1CCCN1C(=O)C1CCCN1C(C)C. The summed E-state index contributed by atoms with van der Waals surface area (Å²) in [5.74, 6) is 0.190. The fraction of sp³-hybridized carbons (Fsp3) is 0.857. The number of nitrogens with zero attached hydrogens (tertiary/aromatic N) is 3. The molecule has 0 aliphatic carbocycles. The Labute approximate surface area is 163 Å². The highest BCUT2D eigenvalue weighted by molar-refractivity contribution is 5.95. The fourth-order valence-corrected chi connectivity index (χ4v) is 5.05. The lowest BCUT2D eigenvalue weighted by Crippen LogP contribution is -2.55. The third-order valence-corrected chi connectivity index (χ3v) is 6.50. The zero-order valence-electron chi connectivity index (χ0n) is 17.3. The van der Waals surface area contributed by atoms with Crippen LogP contribution in [0, 0.1) is 5.92 Å². The van der Waals surface area contributed by atoms with Crippen molar-refractivity contribution in [3.63, 3.8) is 0 Å². The van der Waals surface area contributed by atoms with Crippen LogP contribution in [0.3, 0.4) is 0 Å². The predicted octanol–water partition coefficient (Wildman–Crippen LogP) is 2.07. The Morgan fingerprint density at radius 2 is 1.19 bits per heavy atom. The van der Waals surface area contributed by atoms with E-state index < -0.39 is 0 Å². The molecule has 3 fully saturated rings. The van der Waals surface area contributed by atoms with Gasteiger partial charge in [-0.15, -0.1) is 0 Å². The standard InChI is InChI=1S/C21H35N3O3/c1-14(2)19(25)16-8-5-12-23(16)21(27)18-10-7-13-24(18)20(26)17-9-6-11-22(17)15(3)4/h14-18H,5-13H2,1-4H3. The van der Waals surface area contributed by atoms with Crippen LogP contribution in [0.2, 0.25) is 0 Å². The summed E-state index contributed by atoms with van der Waals surface area (Å²) >= 11 is 0. The molecule has 0 N–H and O–H groups in total. The number of Topliss-reactive ketones (excluding diaryl/α,β-unsaturated/α-hetero) is 1. The van der Waals surface area contributed by atoms with E-state index in [4.69, 9.17) is 0 Å². The number of carbonyl (C=O) groups excluding carboxylic acids is 3. The minimum atomic E-state index is -0.382. The summed E-state index contributed by atoms with van der Waals surface area (Å²) in [4.78, 5) is 45.0. The van der Waals surface area contributed by atoms with Crippen molar-refractivity contribution in [2.75, 3.05) is 19.6 Å². The Kier molecular flexibility index (Phi) is 6.24. The summed E-state index contributed by atoms with van der Waals surface area (Å²) in [6.45, 7) is 10.3. The summed E-state index contributed by atoms with van der Waals surface area (Å²) in [6.07, 6.45) is 5.14. The van der Waals surface area contributed by atoms with Crippen LogP contribution in [0.5, 0.6) is 0 Å². The van der Waals surface area contributed by atoms with Gasteiger partial charge in [-0.1, -0.05) is 13.8 Å². The molecule has 0 aromatic carbocycles. The quantitative estimate of drug-likeness (QED) is 0.736. The smallest absolute Gasteiger partial charge is 0.245 e. The molecule has 3 atom stereocenters. The number of likely N-dealkylation sites (tertiary alicyclic amines) is 3. The van der Waals surface area contributed by atoms with Gasteiger partial charge >= 0.3 is 0 Å². The van der Waals surface area contributed by atoms with Crippen molar-refractivity contribution in [2.45, 2.75) is 90.4 Å². The van der Waals surface area contributed by atoms with Crippen molar-refractivity contribution in [1.82, 2.24) is 14.7 Å². The van der Waals surface area contributed by atoms with Crippen molar-refractivity contribution in [3.8, 4) is 0 Å². The lowest BCUT2D eigenvalue weighted by atomic mass is 9.99. The molecule has 2 amide bonds. The number of amides is 2. The Morgan fingerprint density at radius 3 is 1.78 bits per heavy atom. The van der Waals surface area contributed by atoms with Crippen LogP contribution in [0.25, 0.3) is 0 Å². The van der Waals surface area contributed by atoms with Crippen LogP contribution in [0.4, 0.5) is 0 Å². The van der Waals surface area contributed by atoms with Crippen LogP contribution in [-0.2, 0) is 14.4 Å². The van der Waals surface area contributed by atoms with Crippen LogP contribution >= 0.6 is 0 Å². The molecule has 27 heavy (non-hydrogen) atoms. The third kappa shape index (κ3) is 3.91. The maximum Gasteiger partial charge on any atom is 0.245 e. The largest absolute Gasteiger partial charge is 0.331 e. The second kappa shape index (κ2) is 8.29. The fourth-order valence-electron chi connectivity index (χ4n) is 5.05. The first-order chi connectivity index (χ1) is 12.8. The predicted molar refractivity (Wildman–Crippen MR) is 104 cm³/mol. The van der Waals surface area contributed by atoms with E-state index >= 15 is 0 Å². The van der Waals surface area contributed by atoms with E-state index in [-0.39, 0.29) is 41.6 Å². The van der Waals surface area contributed by atoms with Gasteiger partial charge < -0.3 is 9.80 Å².